The van der Waals surface area contributed by atoms with Gasteiger partial charge in [-0.2, -0.15) is 0 Å². The first-order chi connectivity index (χ1) is 9.64. The molecule has 1 aromatic rings. The molecule has 0 spiro atoms. The smallest absolute Gasteiger partial charge is 0.0740 e. The van der Waals surface area contributed by atoms with E-state index in [1.54, 1.807) is 6.92 Å². The van der Waals surface area contributed by atoms with Crippen LogP contribution < -0.4 is 0 Å². The summed E-state index contributed by atoms with van der Waals surface area (Å²) in [6, 6.07) is 8.02. The molecule has 0 aromatic heterocycles. The molecule has 0 bridgehead atoms. The second kappa shape index (κ2) is 7.52. The van der Waals surface area contributed by atoms with Crippen LogP contribution in [0.25, 0.3) is 0 Å². The van der Waals surface area contributed by atoms with E-state index in [-0.39, 0.29) is 11.8 Å². The van der Waals surface area contributed by atoms with Crippen molar-refractivity contribution < 1.29 is 9.32 Å². The summed E-state index contributed by atoms with van der Waals surface area (Å²) < 4.78 is 12.7. The van der Waals surface area contributed by atoms with Crippen molar-refractivity contribution in [2.75, 3.05) is 19.8 Å². The summed E-state index contributed by atoms with van der Waals surface area (Å²) in [4.78, 5) is 2.94. The van der Waals surface area contributed by atoms with E-state index in [4.69, 9.17) is 0 Å². The van der Waals surface area contributed by atoms with Gasteiger partial charge in [-0.3, -0.25) is 4.21 Å². The van der Waals surface area contributed by atoms with Crippen LogP contribution in [-0.4, -0.2) is 39.7 Å². The molecule has 0 aliphatic heterocycles. The van der Waals surface area contributed by atoms with Crippen LogP contribution in [0.1, 0.15) is 45.7 Å². The van der Waals surface area contributed by atoms with Crippen LogP contribution in [0.15, 0.2) is 29.2 Å². The Bertz CT molecular complexity index is 483. The van der Waals surface area contributed by atoms with Crippen molar-refractivity contribution in [2.24, 2.45) is 5.92 Å². The highest BCUT2D eigenvalue weighted by molar-refractivity contribution is 7.85. The predicted octanol–water partition coefficient (Wildman–Crippen LogP) is 3.21. The number of hydrogen-bond donors (Lipinski definition) is 1. The van der Waals surface area contributed by atoms with Gasteiger partial charge in [0, 0.05) is 10.9 Å². The van der Waals surface area contributed by atoms with Crippen molar-refractivity contribution in [3.05, 3.63) is 29.8 Å². The molecule has 0 aliphatic rings. The molecule has 1 aromatic carbocycles. The van der Waals surface area contributed by atoms with Crippen LogP contribution >= 0.6 is 0 Å². The van der Waals surface area contributed by atoms with Crippen LogP contribution in [0.4, 0.5) is 0 Å². The SMILES string of the molecule is CC(C)C[C@](C)(O)CS(=O)c1ccccc1C(C)N(C)C. The Balaban J connectivity index is 2.98. The number of rotatable bonds is 7. The van der Waals surface area contributed by atoms with Gasteiger partial charge in [0.1, 0.15) is 0 Å². The van der Waals surface area contributed by atoms with Crippen molar-refractivity contribution in [3.8, 4) is 0 Å². The van der Waals surface area contributed by atoms with Crippen LogP contribution in [-0.2, 0) is 10.8 Å². The highest BCUT2D eigenvalue weighted by Gasteiger charge is 2.27. The maximum atomic E-state index is 12.7. The zero-order valence-electron chi connectivity index (χ0n) is 14.1. The van der Waals surface area contributed by atoms with Crippen molar-refractivity contribution in [1.29, 1.82) is 0 Å². The maximum absolute atomic E-state index is 12.7. The molecule has 0 saturated heterocycles. The molecule has 0 heterocycles. The first-order valence-corrected chi connectivity index (χ1v) is 8.82. The average molecular weight is 311 g/mol. The van der Waals surface area contributed by atoms with Gasteiger partial charge in [-0.05, 0) is 51.9 Å². The Morgan fingerprint density at radius 1 is 1.24 bits per heavy atom. The Kier molecular flexibility index (Phi) is 6.57. The lowest BCUT2D eigenvalue weighted by Crippen LogP contribution is -2.33. The van der Waals surface area contributed by atoms with Gasteiger partial charge in [0.25, 0.3) is 0 Å². The van der Waals surface area contributed by atoms with Crippen LogP contribution in [0.5, 0.6) is 0 Å². The molecule has 0 saturated carbocycles. The molecule has 3 atom stereocenters. The second-order valence-corrected chi connectivity index (χ2v) is 8.18. The van der Waals surface area contributed by atoms with Crippen LogP contribution in [0, 0.1) is 5.92 Å². The summed E-state index contributed by atoms with van der Waals surface area (Å²) in [5.41, 5.74) is 0.175. The van der Waals surface area contributed by atoms with Crippen molar-refractivity contribution in [2.45, 2.75) is 50.7 Å². The van der Waals surface area contributed by atoms with E-state index < -0.39 is 16.4 Å². The third-order valence-electron chi connectivity index (χ3n) is 3.68. The summed E-state index contributed by atoms with van der Waals surface area (Å²) in [5, 5.41) is 10.5. The molecule has 0 radical (unpaired) electrons. The Morgan fingerprint density at radius 3 is 2.33 bits per heavy atom. The first kappa shape index (κ1) is 18.3. The van der Waals surface area contributed by atoms with E-state index in [9.17, 15) is 9.32 Å². The predicted molar refractivity (Wildman–Crippen MR) is 89.9 cm³/mol. The summed E-state index contributed by atoms with van der Waals surface area (Å²) >= 11 is 0. The molecule has 4 heteroatoms. The fourth-order valence-electron chi connectivity index (χ4n) is 2.61. The van der Waals surface area contributed by atoms with Crippen LogP contribution in [0.3, 0.4) is 0 Å². The summed E-state index contributed by atoms with van der Waals surface area (Å²) in [5.74, 6) is 0.662. The lowest BCUT2D eigenvalue weighted by Gasteiger charge is -2.27. The summed E-state index contributed by atoms with van der Waals surface area (Å²) in [7, 11) is 2.83. The van der Waals surface area contributed by atoms with E-state index in [0.29, 0.717) is 12.3 Å². The molecule has 120 valence electrons. The lowest BCUT2D eigenvalue weighted by atomic mass is 9.96. The van der Waals surface area contributed by atoms with Gasteiger partial charge in [0.05, 0.1) is 22.2 Å². The topological polar surface area (TPSA) is 40.5 Å². The third-order valence-corrected chi connectivity index (χ3v) is 5.43. The molecule has 1 rings (SSSR count). The van der Waals surface area contributed by atoms with Gasteiger partial charge in [-0.15, -0.1) is 0 Å². The quantitative estimate of drug-likeness (QED) is 0.840. The van der Waals surface area contributed by atoms with Gasteiger partial charge in [0.2, 0.25) is 0 Å². The monoisotopic (exact) mass is 311 g/mol. The fourth-order valence-corrected chi connectivity index (χ4v) is 4.18. The van der Waals surface area contributed by atoms with Gasteiger partial charge >= 0.3 is 0 Å². The first-order valence-electron chi connectivity index (χ1n) is 7.50. The standard InChI is InChI=1S/C17H29NO2S/c1-13(2)11-17(4,19)12-21(20)16-10-8-7-9-15(16)14(3)18(5)6/h7-10,13-14,19H,11-12H2,1-6H3/t14?,17-,21?/m0/s1. The van der Waals surface area contributed by atoms with Crippen molar-refractivity contribution in [1.82, 2.24) is 4.90 Å². The molecular formula is C17H29NO2S. The largest absolute Gasteiger partial charge is 0.389 e. The molecule has 0 amide bonds. The molecule has 2 unspecified atom stereocenters. The fraction of sp³-hybridized carbons (Fsp3) is 0.647. The molecule has 3 nitrogen and oxygen atoms in total. The van der Waals surface area contributed by atoms with E-state index >= 15 is 0 Å². The van der Waals surface area contributed by atoms with Gasteiger partial charge in [0.15, 0.2) is 0 Å². The summed E-state index contributed by atoms with van der Waals surface area (Å²) in [6.07, 6.45) is 0.657. The minimum atomic E-state index is -1.19. The Labute approximate surface area is 131 Å². The number of benzene rings is 1. The van der Waals surface area contributed by atoms with Crippen LogP contribution in [0.2, 0.25) is 0 Å². The van der Waals surface area contributed by atoms with E-state index in [1.807, 2.05) is 38.4 Å². The molecule has 0 fully saturated rings. The van der Waals surface area contributed by atoms with Crippen molar-refractivity contribution in [3.63, 3.8) is 0 Å². The molecule has 1 N–H and O–H groups in total. The van der Waals surface area contributed by atoms with Gasteiger partial charge < -0.3 is 10.0 Å². The molecule has 21 heavy (non-hydrogen) atoms. The maximum Gasteiger partial charge on any atom is 0.0740 e. The number of nitrogens with zero attached hydrogens (tertiary/aromatic N) is 1. The molecule has 0 aliphatic carbocycles. The zero-order valence-corrected chi connectivity index (χ0v) is 14.9. The van der Waals surface area contributed by atoms with E-state index in [2.05, 4.69) is 25.7 Å². The third kappa shape index (κ3) is 5.53. The van der Waals surface area contributed by atoms with E-state index in [1.165, 1.54) is 0 Å². The highest BCUT2D eigenvalue weighted by atomic mass is 32.2. The van der Waals surface area contributed by atoms with Gasteiger partial charge in [-0.1, -0.05) is 32.0 Å². The normalized spacial score (nSPS) is 17.8. The minimum Gasteiger partial charge on any atom is -0.389 e. The minimum absolute atomic E-state index is 0.195. The summed E-state index contributed by atoms with van der Waals surface area (Å²) in [6.45, 7) is 8.02. The molecular weight excluding hydrogens is 282 g/mol. The Morgan fingerprint density at radius 2 is 1.81 bits per heavy atom. The lowest BCUT2D eigenvalue weighted by molar-refractivity contribution is 0.0619. The van der Waals surface area contributed by atoms with E-state index in [0.717, 1.165) is 10.5 Å². The second-order valence-electron chi connectivity index (χ2n) is 6.76. The highest BCUT2D eigenvalue weighted by Crippen LogP contribution is 2.27. The van der Waals surface area contributed by atoms with Crippen molar-refractivity contribution >= 4 is 10.8 Å². The number of hydrogen-bond acceptors (Lipinski definition) is 3. The Hall–Kier alpha value is -0.710. The van der Waals surface area contributed by atoms with Gasteiger partial charge in [-0.25, -0.2) is 0 Å². The zero-order chi connectivity index (χ0) is 16.2. The number of aliphatic hydroxyl groups is 1. The average Bonchev–Trinajstić information content (AvgIpc) is 2.35.